The fourth-order valence-electron chi connectivity index (χ4n) is 2.26. The quantitative estimate of drug-likeness (QED) is 0.898. The Balaban J connectivity index is 2.34. The Morgan fingerprint density at radius 2 is 1.76 bits per heavy atom. The summed E-state index contributed by atoms with van der Waals surface area (Å²) in [5, 5.41) is 0. The van der Waals surface area contributed by atoms with Crippen molar-refractivity contribution < 1.29 is 8.42 Å². The number of rotatable bonds is 3. The third-order valence-corrected chi connectivity index (χ3v) is 4.68. The Morgan fingerprint density at radius 3 is 2.41 bits per heavy atom. The van der Waals surface area contributed by atoms with Crippen molar-refractivity contribution in [3.05, 3.63) is 29.3 Å². The van der Waals surface area contributed by atoms with Crippen LogP contribution in [0.5, 0.6) is 0 Å². The predicted octanol–water partition coefficient (Wildman–Crippen LogP) is 2.25. The Kier molecular flexibility index (Phi) is 3.54. The topological polar surface area (TPSA) is 46.2 Å². The van der Waals surface area contributed by atoms with Gasteiger partial charge in [0.25, 0.3) is 0 Å². The maximum absolute atomic E-state index is 12.0. The normalized spacial score (nSPS) is 15.9. The van der Waals surface area contributed by atoms with E-state index in [1.165, 1.54) is 17.5 Å². The first kappa shape index (κ1) is 12.6. The largest absolute Gasteiger partial charge is 0.240 e. The third kappa shape index (κ3) is 2.87. The van der Waals surface area contributed by atoms with E-state index in [4.69, 9.17) is 0 Å². The van der Waals surface area contributed by atoms with E-state index in [0.717, 1.165) is 19.3 Å². The van der Waals surface area contributed by atoms with Gasteiger partial charge in [-0.3, -0.25) is 0 Å². The summed E-state index contributed by atoms with van der Waals surface area (Å²) in [5.74, 6) is 0. The average molecular weight is 253 g/mol. The molecule has 0 amide bonds. The van der Waals surface area contributed by atoms with Crippen LogP contribution < -0.4 is 4.72 Å². The van der Waals surface area contributed by atoms with Gasteiger partial charge in [0, 0.05) is 6.04 Å². The molecule has 1 aromatic rings. The second kappa shape index (κ2) is 4.78. The first-order valence-corrected chi connectivity index (χ1v) is 7.61. The average Bonchev–Trinajstić information content (AvgIpc) is 2.26. The lowest BCUT2D eigenvalue weighted by molar-refractivity contribution is 0.569. The molecule has 0 unspecified atom stereocenters. The highest BCUT2D eigenvalue weighted by Gasteiger charge is 2.18. The lowest BCUT2D eigenvalue weighted by Gasteiger charge is -2.17. The molecule has 1 N–H and O–H groups in total. The number of hydrogen-bond donors (Lipinski definition) is 1. The van der Waals surface area contributed by atoms with Gasteiger partial charge in [-0.25, -0.2) is 13.1 Å². The number of hydrogen-bond acceptors (Lipinski definition) is 2. The molecule has 0 atom stereocenters. The summed E-state index contributed by atoms with van der Waals surface area (Å²) in [4.78, 5) is 0.395. The fraction of sp³-hybridized carbons (Fsp3) is 0.538. The van der Waals surface area contributed by atoms with Crippen LogP contribution in [0, 0.1) is 0 Å². The van der Waals surface area contributed by atoms with Crippen molar-refractivity contribution in [1.82, 2.24) is 4.72 Å². The molecule has 4 heteroatoms. The molecule has 0 aromatic heterocycles. The molecule has 0 bridgehead atoms. The fourth-order valence-corrected chi connectivity index (χ4v) is 3.56. The van der Waals surface area contributed by atoms with Crippen molar-refractivity contribution in [3.63, 3.8) is 0 Å². The Hall–Kier alpha value is -0.870. The van der Waals surface area contributed by atoms with Crippen LogP contribution in [0.25, 0.3) is 0 Å². The minimum absolute atomic E-state index is 0.0731. The Bertz CT molecular complexity index is 506. The highest BCUT2D eigenvalue weighted by molar-refractivity contribution is 7.89. The highest BCUT2D eigenvalue weighted by Crippen LogP contribution is 2.24. The van der Waals surface area contributed by atoms with E-state index in [1.54, 1.807) is 6.07 Å². The van der Waals surface area contributed by atoms with Crippen LogP contribution in [0.15, 0.2) is 23.1 Å². The first-order chi connectivity index (χ1) is 7.99. The maximum Gasteiger partial charge on any atom is 0.240 e. The molecule has 0 heterocycles. The molecule has 17 heavy (non-hydrogen) atoms. The molecular formula is C13H19NO2S. The molecule has 3 nitrogen and oxygen atoms in total. The third-order valence-electron chi connectivity index (χ3n) is 3.02. The van der Waals surface area contributed by atoms with E-state index in [9.17, 15) is 8.42 Å². The summed E-state index contributed by atoms with van der Waals surface area (Å²) in [5.41, 5.74) is 2.50. The molecular weight excluding hydrogens is 234 g/mol. The molecule has 2 rings (SSSR count). The first-order valence-electron chi connectivity index (χ1n) is 6.13. The van der Waals surface area contributed by atoms with Crippen LogP contribution in [0.3, 0.4) is 0 Å². The van der Waals surface area contributed by atoms with Gasteiger partial charge < -0.3 is 0 Å². The van der Waals surface area contributed by atoms with E-state index in [1.807, 2.05) is 26.0 Å². The van der Waals surface area contributed by atoms with Crippen LogP contribution in [0.2, 0.25) is 0 Å². The second-order valence-corrected chi connectivity index (χ2v) is 6.63. The molecule has 94 valence electrons. The van der Waals surface area contributed by atoms with E-state index >= 15 is 0 Å². The number of nitrogens with one attached hydrogen (secondary N) is 1. The van der Waals surface area contributed by atoms with Crippen LogP contribution in [-0.4, -0.2) is 14.5 Å². The van der Waals surface area contributed by atoms with Crippen molar-refractivity contribution in [2.75, 3.05) is 0 Å². The van der Waals surface area contributed by atoms with Crippen LogP contribution in [0.4, 0.5) is 0 Å². The molecule has 1 aliphatic rings. The zero-order valence-corrected chi connectivity index (χ0v) is 11.2. The van der Waals surface area contributed by atoms with Crippen LogP contribution >= 0.6 is 0 Å². The minimum atomic E-state index is -3.34. The maximum atomic E-state index is 12.0. The molecule has 0 aliphatic heterocycles. The summed E-state index contributed by atoms with van der Waals surface area (Å²) < 4.78 is 26.6. The van der Waals surface area contributed by atoms with Crippen molar-refractivity contribution >= 4 is 10.0 Å². The van der Waals surface area contributed by atoms with Gasteiger partial charge in [0.2, 0.25) is 10.0 Å². The van der Waals surface area contributed by atoms with E-state index in [-0.39, 0.29) is 6.04 Å². The summed E-state index contributed by atoms with van der Waals surface area (Å²) >= 11 is 0. The van der Waals surface area contributed by atoms with Gasteiger partial charge in [-0.15, -0.1) is 0 Å². The van der Waals surface area contributed by atoms with Gasteiger partial charge in [0.1, 0.15) is 0 Å². The van der Waals surface area contributed by atoms with Gasteiger partial charge in [0.15, 0.2) is 0 Å². The van der Waals surface area contributed by atoms with Crippen molar-refractivity contribution in [2.45, 2.75) is 50.5 Å². The van der Waals surface area contributed by atoms with Gasteiger partial charge in [-0.2, -0.15) is 0 Å². The molecule has 0 radical (unpaired) electrons. The summed E-state index contributed by atoms with van der Waals surface area (Å²) in [6.07, 6.45) is 4.45. The predicted molar refractivity (Wildman–Crippen MR) is 68.5 cm³/mol. The lowest BCUT2D eigenvalue weighted by atomic mass is 9.92. The summed E-state index contributed by atoms with van der Waals surface area (Å²) in [7, 11) is -3.34. The molecule has 1 aromatic carbocycles. The van der Waals surface area contributed by atoms with E-state index in [2.05, 4.69) is 4.72 Å². The van der Waals surface area contributed by atoms with Gasteiger partial charge in [-0.05, 0) is 62.8 Å². The Morgan fingerprint density at radius 1 is 1.12 bits per heavy atom. The summed E-state index contributed by atoms with van der Waals surface area (Å²) in [6.45, 7) is 3.66. The van der Waals surface area contributed by atoms with Gasteiger partial charge in [0.05, 0.1) is 4.90 Å². The van der Waals surface area contributed by atoms with Gasteiger partial charge in [-0.1, -0.05) is 6.07 Å². The number of benzene rings is 1. The monoisotopic (exact) mass is 253 g/mol. The smallest absolute Gasteiger partial charge is 0.209 e. The van der Waals surface area contributed by atoms with Crippen LogP contribution in [0.1, 0.15) is 37.8 Å². The molecule has 0 spiro atoms. The summed E-state index contributed by atoms with van der Waals surface area (Å²) in [6, 6.07) is 5.44. The van der Waals surface area contributed by atoms with Gasteiger partial charge >= 0.3 is 0 Å². The number of fused-ring (bicyclic) bond motifs is 1. The molecule has 1 aliphatic carbocycles. The standard InChI is InChI=1S/C13H19NO2S/c1-10(2)14-17(15,16)13-8-7-11-5-3-4-6-12(11)9-13/h7-10,14H,3-6H2,1-2H3. The lowest BCUT2D eigenvalue weighted by Crippen LogP contribution is -2.30. The van der Waals surface area contributed by atoms with E-state index < -0.39 is 10.0 Å². The Labute approximate surface area is 103 Å². The number of sulfonamides is 1. The van der Waals surface area contributed by atoms with Crippen LogP contribution in [-0.2, 0) is 22.9 Å². The highest BCUT2D eigenvalue weighted by atomic mass is 32.2. The second-order valence-electron chi connectivity index (χ2n) is 4.91. The SMILES string of the molecule is CC(C)NS(=O)(=O)c1ccc2c(c1)CCCC2. The minimum Gasteiger partial charge on any atom is -0.209 e. The molecule has 0 saturated heterocycles. The van der Waals surface area contributed by atoms with Crippen molar-refractivity contribution in [3.8, 4) is 0 Å². The molecule has 0 fully saturated rings. The number of aryl methyl sites for hydroxylation is 2. The van der Waals surface area contributed by atoms with Crippen molar-refractivity contribution in [1.29, 1.82) is 0 Å². The molecule has 0 saturated carbocycles. The zero-order valence-electron chi connectivity index (χ0n) is 10.4. The van der Waals surface area contributed by atoms with E-state index in [0.29, 0.717) is 4.90 Å². The zero-order chi connectivity index (χ0) is 12.5. The van der Waals surface area contributed by atoms with Crippen molar-refractivity contribution in [2.24, 2.45) is 0 Å².